The monoisotopic (exact) mass is 624 g/mol. The van der Waals surface area contributed by atoms with Crippen molar-refractivity contribution >= 4 is 27.9 Å². The van der Waals surface area contributed by atoms with Crippen LogP contribution in [0.25, 0.3) is 21.9 Å². The molecule has 7 rings (SSSR count). The Balaban J connectivity index is 0.988. The summed E-state index contributed by atoms with van der Waals surface area (Å²) < 4.78 is 15.8. The number of benzene rings is 2. The molecule has 5 aromatic rings. The molecule has 2 fully saturated rings. The molecule has 5 heterocycles. The van der Waals surface area contributed by atoms with Crippen molar-refractivity contribution in [1.29, 1.82) is 0 Å². The molecule has 11 nitrogen and oxygen atoms in total. The van der Waals surface area contributed by atoms with Crippen LogP contribution in [0.4, 0.5) is 0 Å². The van der Waals surface area contributed by atoms with Gasteiger partial charge in [0.05, 0.1) is 59.6 Å². The Kier molecular flexibility index (Phi) is 8.22. The first kappa shape index (κ1) is 30.3. The number of carbonyl (C=O) groups is 1. The minimum absolute atomic E-state index is 0.140. The highest BCUT2D eigenvalue weighted by molar-refractivity contribution is 5.92. The minimum atomic E-state index is -0.936. The largest absolute Gasteiger partial charge is 0.478 e. The molecule has 3 aromatic heterocycles. The average Bonchev–Trinajstić information content (AvgIpc) is 3.56. The lowest BCUT2D eigenvalue weighted by Crippen LogP contribution is -2.35. The molecule has 0 spiro atoms. The zero-order valence-electron chi connectivity index (χ0n) is 26.3. The number of rotatable bonds is 11. The summed E-state index contributed by atoms with van der Waals surface area (Å²) in [5.74, 6) is 0.959. The second-order valence-corrected chi connectivity index (χ2v) is 13.2. The van der Waals surface area contributed by atoms with Gasteiger partial charge in [-0.15, -0.1) is 0 Å². The predicted molar refractivity (Wildman–Crippen MR) is 173 cm³/mol. The number of ether oxygens (including phenoxy) is 2. The number of pyridine rings is 1. The molecule has 1 unspecified atom stereocenters. The first-order valence-electron chi connectivity index (χ1n) is 16.0. The number of carboxylic acid groups (broad SMARTS) is 1. The molecule has 11 heteroatoms. The predicted octanol–water partition coefficient (Wildman–Crippen LogP) is 5.00. The molecule has 2 N–H and O–H groups in total. The van der Waals surface area contributed by atoms with E-state index in [1.165, 1.54) is 0 Å². The van der Waals surface area contributed by atoms with Gasteiger partial charge >= 0.3 is 5.97 Å². The summed E-state index contributed by atoms with van der Waals surface area (Å²) in [5.41, 5.74) is 4.10. The van der Waals surface area contributed by atoms with E-state index >= 15 is 0 Å². The average molecular weight is 625 g/mol. The van der Waals surface area contributed by atoms with Crippen LogP contribution in [0, 0.1) is 0 Å². The number of aliphatic hydroxyl groups is 1. The third kappa shape index (κ3) is 6.62. The van der Waals surface area contributed by atoms with Gasteiger partial charge < -0.3 is 24.3 Å². The number of carboxylic acids is 1. The van der Waals surface area contributed by atoms with Gasteiger partial charge in [-0.2, -0.15) is 5.10 Å². The van der Waals surface area contributed by atoms with E-state index in [0.29, 0.717) is 38.0 Å². The quantitative estimate of drug-likeness (QED) is 0.209. The van der Waals surface area contributed by atoms with E-state index in [1.807, 2.05) is 35.1 Å². The molecule has 240 valence electrons. The maximum atomic E-state index is 11.6. The van der Waals surface area contributed by atoms with Crippen molar-refractivity contribution in [2.45, 2.75) is 77.0 Å². The molecule has 46 heavy (non-hydrogen) atoms. The van der Waals surface area contributed by atoms with Crippen molar-refractivity contribution in [3.8, 4) is 5.88 Å². The molecule has 0 saturated carbocycles. The molecular weight excluding hydrogens is 584 g/mol. The molecule has 2 aliphatic rings. The van der Waals surface area contributed by atoms with Crippen LogP contribution < -0.4 is 4.74 Å². The van der Waals surface area contributed by atoms with Crippen LogP contribution in [-0.4, -0.2) is 76.8 Å². The Labute approximate surface area is 267 Å². The smallest absolute Gasteiger partial charge is 0.335 e. The number of imidazole rings is 1. The van der Waals surface area contributed by atoms with E-state index in [2.05, 4.69) is 26.7 Å². The van der Waals surface area contributed by atoms with E-state index in [9.17, 15) is 15.0 Å². The zero-order valence-corrected chi connectivity index (χ0v) is 26.3. The SMILES string of the molecule is CC(C)(O)Cn1ncc2ccc(COc3cccc(C4CCN(Cc5nc6ccc(C(=O)O)cc6n5CC5CCO5)CC4)n3)cc21. The Morgan fingerprint density at radius 1 is 1.04 bits per heavy atom. The number of nitrogens with zero attached hydrogens (tertiary/aromatic N) is 6. The topological polar surface area (TPSA) is 128 Å². The van der Waals surface area contributed by atoms with Crippen LogP contribution >= 0.6 is 0 Å². The van der Waals surface area contributed by atoms with Crippen molar-refractivity contribution in [3.63, 3.8) is 0 Å². The number of aromatic nitrogens is 5. The number of likely N-dealkylation sites (tertiary alicyclic amines) is 1. The summed E-state index contributed by atoms with van der Waals surface area (Å²) in [4.78, 5) is 23.9. The van der Waals surface area contributed by atoms with Crippen molar-refractivity contribution in [1.82, 2.24) is 29.2 Å². The van der Waals surface area contributed by atoms with Gasteiger partial charge in [-0.3, -0.25) is 9.58 Å². The Bertz CT molecular complexity index is 1860. The van der Waals surface area contributed by atoms with Crippen molar-refractivity contribution < 1.29 is 24.5 Å². The molecule has 1 atom stereocenters. The molecule has 0 radical (unpaired) electrons. The Morgan fingerprint density at radius 3 is 2.61 bits per heavy atom. The second-order valence-electron chi connectivity index (χ2n) is 13.2. The van der Waals surface area contributed by atoms with Crippen LogP contribution in [0.3, 0.4) is 0 Å². The fourth-order valence-electron chi connectivity index (χ4n) is 6.44. The fraction of sp³-hybridized carbons (Fsp3) is 0.429. The molecular formula is C35H40N6O5. The highest BCUT2D eigenvalue weighted by Crippen LogP contribution is 2.30. The van der Waals surface area contributed by atoms with Gasteiger partial charge in [-0.25, -0.2) is 14.8 Å². The fourth-order valence-corrected chi connectivity index (χ4v) is 6.44. The number of hydrogen-bond donors (Lipinski definition) is 2. The lowest BCUT2D eigenvalue weighted by molar-refractivity contribution is -0.0592. The summed E-state index contributed by atoms with van der Waals surface area (Å²) in [6, 6.07) is 17.3. The molecule has 2 aromatic carbocycles. The molecule has 0 amide bonds. The normalized spacial score (nSPS) is 17.8. The van der Waals surface area contributed by atoms with Crippen molar-refractivity contribution in [2.75, 3.05) is 19.7 Å². The van der Waals surface area contributed by atoms with E-state index in [0.717, 1.165) is 78.0 Å². The number of aromatic carboxylic acids is 1. The van der Waals surface area contributed by atoms with Gasteiger partial charge in [-0.1, -0.05) is 18.2 Å². The number of piperidine rings is 1. The summed E-state index contributed by atoms with van der Waals surface area (Å²) in [7, 11) is 0. The summed E-state index contributed by atoms with van der Waals surface area (Å²) in [6.07, 6.45) is 4.92. The number of hydrogen-bond acceptors (Lipinski definition) is 8. The maximum absolute atomic E-state index is 11.6. The van der Waals surface area contributed by atoms with Gasteiger partial charge in [-0.05, 0) is 82.1 Å². The number of fused-ring (bicyclic) bond motifs is 2. The van der Waals surface area contributed by atoms with Crippen LogP contribution in [0.2, 0.25) is 0 Å². The van der Waals surface area contributed by atoms with Crippen LogP contribution in [0.15, 0.2) is 60.8 Å². The molecule has 0 aliphatic carbocycles. The third-order valence-corrected chi connectivity index (χ3v) is 9.00. The lowest BCUT2D eigenvalue weighted by atomic mass is 9.93. The molecule has 2 saturated heterocycles. The van der Waals surface area contributed by atoms with Crippen LogP contribution in [0.5, 0.6) is 5.88 Å². The Hall–Kier alpha value is -4.32. The lowest BCUT2D eigenvalue weighted by Gasteiger charge is -2.32. The van der Waals surface area contributed by atoms with Crippen LogP contribution in [0.1, 0.15) is 66.5 Å². The molecule has 0 bridgehead atoms. The minimum Gasteiger partial charge on any atom is -0.478 e. The second kappa shape index (κ2) is 12.5. The van der Waals surface area contributed by atoms with E-state index in [1.54, 1.807) is 32.0 Å². The zero-order chi connectivity index (χ0) is 31.8. The van der Waals surface area contributed by atoms with Gasteiger partial charge in [0, 0.05) is 29.7 Å². The van der Waals surface area contributed by atoms with Gasteiger partial charge in [0.25, 0.3) is 0 Å². The molecule has 2 aliphatic heterocycles. The van der Waals surface area contributed by atoms with Gasteiger partial charge in [0.2, 0.25) is 5.88 Å². The van der Waals surface area contributed by atoms with Crippen molar-refractivity contribution in [2.24, 2.45) is 0 Å². The maximum Gasteiger partial charge on any atom is 0.335 e. The summed E-state index contributed by atoms with van der Waals surface area (Å²) in [6.45, 7) is 8.34. The Morgan fingerprint density at radius 2 is 1.87 bits per heavy atom. The van der Waals surface area contributed by atoms with E-state index in [4.69, 9.17) is 19.4 Å². The highest BCUT2D eigenvalue weighted by Gasteiger charge is 2.26. The van der Waals surface area contributed by atoms with Gasteiger partial charge in [0.15, 0.2) is 0 Å². The van der Waals surface area contributed by atoms with Crippen molar-refractivity contribution in [3.05, 3.63) is 83.4 Å². The first-order valence-corrected chi connectivity index (χ1v) is 16.0. The summed E-state index contributed by atoms with van der Waals surface area (Å²) in [5, 5.41) is 25.3. The standard InChI is InChI=1S/C35H40N6O5/c1-35(2,44)22-41-30-16-23(6-7-26(30)18-36-41)21-46-33-5-3-4-28(38-33)24-10-13-39(14-11-24)20-32-37-29-9-8-25(34(42)43)17-31(29)40(32)19-27-12-15-45-27/h3-9,16-18,24,27,44H,10-15,19-22H2,1-2H3,(H,42,43). The highest BCUT2D eigenvalue weighted by atomic mass is 16.5. The first-order chi connectivity index (χ1) is 22.2. The van der Waals surface area contributed by atoms with Gasteiger partial charge in [0.1, 0.15) is 12.4 Å². The van der Waals surface area contributed by atoms with E-state index < -0.39 is 11.6 Å². The summed E-state index contributed by atoms with van der Waals surface area (Å²) >= 11 is 0. The van der Waals surface area contributed by atoms with Crippen LogP contribution in [-0.2, 0) is 31.0 Å². The van der Waals surface area contributed by atoms with E-state index in [-0.39, 0.29) is 11.7 Å². The third-order valence-electron chi connectivity index (χ3n) is 9.00.